The van der Waals surface area contributed by atoms with Gasteiger partial charge in [0, 0.05) is 25.4 Å². The Morgan fingerprint density at radius 3 is 2.03 bits per heavy atom. The normalized spacial score (nSPS) is 21.4. The highest BCUT2D eigenvalue weighted by molar-refractivity contribution is 7.91. The van der Waals surface area contributed by atoms with Crippen molar-refractivity contribution in [3.63, 3.8) is 0 Å². The van der Waals surface area contributed by atoms with E-state index in [1.165, 1.54) is 4.90 Å². The third kappa shape index (κ3) is 5.50. The van der Waals surface area contributed by atoms with Gasteiger partial charge in [-0.1, -0.05) is 74.5 Å². The molecule has 1 unspecified atom stereocenters. The van der Waals surface area contributed by atoms with Gasteiger partial charge >= 0.3 is 6.03 Å². The first-order valence-electron chi connectivity index (χ1n) is 11.8. The molecule has 1 N–H and O–H groups in total. The first-order chi connectivity index (χ1) is 16.2. The molecule has 2 heterocycles. The van der Waals surface area contributed by atoms with Gasteiger partial charge < -0.3 is 5.32 Å². The third-order valence-corrected chi connectivity index (χ3v) is 8.34. The maximum Gasteiger partial charge on any atom is 0.326 e. The summed E-state index contributed by atoms with van der Waals surface area (Å²) in [5.74, 6) is 0.225. The van der Waals surface area contributed by atoms with Crippen molar-refractivity contribution >= 4 is 21.8 Å². The predicted octanol–water partition coefficient (Wildman–Crippen LogP) is 2.87. The van der Waals surface area contributed by atoms with Gasteiger partial charge in [-0.25, -0.2) is 18.1 Å². The summed E-state index contributed by atoms with van der Waals surface area (Å²) in [4.78, 5) is 30.4. The zero-order valence-corrected chi connectivity index (χ0v) is 20.6. The Bertz CT molecular complexity index is 1080. The van der Waals surface area contributed by atoms with Crippen molar-refractivity contribution in [1.82, 2.24) is 15.1 Å². The van der Waals surface area contributed by atoms with Crippen LogP contribution in [0.3, 0.4) is 0 Å². The van der Waals surface area contributed by atoms with Gasteiger partial charge in [-0.15, -0.1) is 0 Å². The van der Waals surface area contributed by atoms with Gasteiger partial charge in [0.1, 0.15) is 5.54 Å². The lowest BCUT2D eigenvalue weighted by Gasteiger charge is -2.33. The molecule has 0 bridgehead atoms. The van der Waals surface area contributed by atoms with Crippen LogP contribution < -0.4 is 5.32 Å². The smallest absolute Gasteiger partial charge is 0.322 e. The number of imide groups is 1. The molecule has 34 heavy (non-hydrogen) atoms. The van der Waals surface area contributed by atoms with Crippen LogP contribution in [0.15, 0.2) is 60.7 Å². The lowest BCUT2D eigenvalue weighted by molar-refractivity contribution is -0.133. The molecule has 1 atom stereocenters. The van der Waals surface area contributed by atoms with E-state index in [9.17, 15) is 18.0 Å². The van der Waals surface area contributed by atoms with Gasteiger partial charge in [0.2, 0.25) is 0 Å². The summed E-state index contributed by atoms with van der Waals surface area (Å²) in [6, 6.07) is 18.8. The predicted molar refractivity (Wildman–Crippen MR) is 132 cm³/mol. The second-order valence-electron chi connectivity index (χ2n) is 9.93. The van der Waals surface area contributed by atoms with E-state index in [0.717, 1.165) is 11.1 Å². The largest absolute Gasteiger partial charge is 0.326 e. The minimum atomic E-state index is -3.09. The molecule has 7 nitrogen and oxygen atoms in total. The monoisotopic (exact) mass is 483 g/mol. The maximum absolute atomic E-state index is 13.9. The van der Waals surface area contributed by atoms with Gasteiger partial charge in [0.25, 0.3) is 5.91 Å². The van der Waals surface area contributed by atoms with Crippen molar-refractivity contribution in [2.45, 2.75) is 44.7 Å². The molecule has 2 fully saturated rings. The molecule has 2 saturated heterocycles. The van der Waals surface area contributed by atoms with Gasteiger partial charge in [-0.05, 0) is 23.5 Å². The zero-order valence-electron chi connectivity index (χ0n) is 19.8. The lowest BCUT2D eigenvalue weighted by atomic mass is 9.84. The Kier molecular flexibility index (Phi) is 7.09. The number of carbonyl (C=O) groups excluding carboxylic acids is 2. The number of rotatable bonds is 9. The van der Waals surface area contributed by atoms with E-state index in [2.05, 4.69) is 19.2 Å². The van der Waals surface area contributed by atoms with Gasteiger partial charge in [0.05, 0.1) is 18.2 Å². The van der Waals surface area contributed by atoms with E-state index in [-0.39, 0.29) is 36.0 Å². The minimum Gasteiger partial charge on any atom is -0.322 e. The van der Waals surface area contributed by atoms with Crippen LogP contribution in [0, 0.1) is 5.92 Å². The SMILES string of the molecule is CC(C)CN(CN1C(=O)NC(Cc2ccccc2)(Cc2ccccc2)C1=O)C1CCS(=O)(=O)C1. The number of sulfone groups is 1. The summed E-state index contributed by atoms with van der Waals surface area (Å²) < 4.78 is 24.2. The number of benzene rings is 2. The Hall–Kier alpha value is -2.71. The molecular formula is C26H33N3O4S. The van der Waals surface area contributed by atoms with Crippen molar-refractivity contribution < 1.29 is 18.0 Å². The van der Waals surface area contributed by atoms with Gasteiger partial charge in [0.15, 0.2) is 9.84 Å². The fourth-order valence-electron chi connectivity index (χ4n) is 5.03. The zero-order chi connectivity index (χ0) is 24.3. The van der Waals surface area contributed by atoms with E-state index in [1.54, 1.807) is 0 Å². The first kappa shape index (κ1) is 24.4. The highest BCUT2D eigenvalue weighted by Crippen LogP contribution is 2.29. The Morgan fingerprint density at radius 2 is 1.56 bits per heavy atom. The van der Waals surface area contributed by atoms with Crippen LogP contribution in [-0.2, 0) is 27.5 Å². The van der Waals surface area contributed by atoms with Crippen LogP contribution in [0.5, 0.6) is 0 Å². The first-order valence-corrected chi connectivity index (χ1v) is 13.7. The molecule has 0 aromatic heterocycles. The number of hydrogen-bond acceptors (Lipinski definition) is 5. The quantitative estimate of drug-likeness (QED) is 0.555. The molecular weight excluding hydrogens is 450 g/mol. The van der Waals surface area contributed by atoms with Crippen LogP contribution in [0.1, 0.15) is 31.4 Å². The molecule has 2 aromatic rings. The van der Waals surface area contributed by atoms with Crippen molar-refractivity contribution in [3.05, 3.63) is 71.8 Å². The minimum absolute atomic E-state index is 0.0720. The average molecular weight is 484 g/mol. The molecule has 2 aliphatic rings. The van der Waals surface area contributed by atoms with Crippen molar-refractivity contribution in [2.75, 3.05) is 24.7 Å². The number of hydrogen-bond donors (Lipinski definition) is 1. The van der Waals surface area contributed by atoms with Crippen LogP contribution >= 0.6 is 0 Å². The summed E-state index contributed by atoms with van der Waals surface area (Å²) in [6.45, 7) is 4.81. The summed E-state index contributed by atoms with van der Waals surface area (Å²) in [5, 5.41) is 3.02. The summed E-state index contributed by atoms with van der Waals surface area (Å²) in [7, 11) is -3.09. The van der Waals surface area contributed by atoms with E-state index in [4.69, 9.17) is 0 Å². The molecule has 0 saturated carbocycles. The van der Waals surface area contributed by atoms with Crippen molar-refractivity contribution in [1.29, 1.82) is 0 Å². The second kappa shape index (κ2) is 9.88. The van der Waals surface area contributed by atoms with Gasteiger partial charge in [-0.2, -0.15) is 0 Å². The maximum atomic E-state index is 13.9. The highest BCUT2D eigenvalue weighted by Gasteiger charge is 2.52. The van der Waals surface area contributed by atoms with Crippen molar-refractivity contribution in [3.8, 4) is 0 Å². The van der Waals surface area contributed by atoms with Crippen LogP contribution in [0.25, 0.3) is 0 Å². The fraction of sp³-hybridized carbons (Fsp3) is 0.462. The molecule has 3 amide bonds. The van der Waals surface area contributed by atoms with E-state index >= 15 is 0 Å². The highest BCUT2D eigenvalue weighted by atomic mass is 32.2. The number of nitrogens with one attached hydrogen (secondary N) is 1. The average Bonchev–Trinajstić information content (AvgIpc) is 3.26. The standard InChI is InChI=1S/C26H33N3O4S/c1-20(2)17-28(23-13-14-34(32,33)18-23)19-29-24(30)26(27-25(29)31,15-21-9-5-3-6-10-21)16-22-11-7-4-8-12-22/h3-12,20,23H,13-19H2,1-2H3,(H,27,31). The molecule has 0 aliphatic carbocycles. The number of amides is 3. The van der Waals surface area contributed by atoms with Crippen LogP contribution in [-0.4, -0.2) is 66.5 Å². The third-order valence-electron chi connectivity index (χ3n) is 6.59. The molecule has 4 rings (SSSR count). The van der Waals surface area contributed by atoms with Crippen LogP contribution in [0.4, 0.5) is 4.79 Å². The molecule has 0 radical (unpaired) electrons. The summed E-state index contributed by atoms with van der Waals surface area (Å²) >= 11 is 0. The number of urea groups is 1. The van der Waals surface area contributed by atoms with Crippen LogP contribution in [0.2, 0.25) is 0 Å². The topological polar surface area (TPSA) is 86.8 Å². The number of carbonyl (C=O) groups is 2. The Labute approximate surface area is 202 Å². The molecule has 2 aliphatic heterocycles. The summed E-state index contributed by atoms with van der Waals surface area (Å²) in [5.41, 5.74) is 0.843. The molecule has 8 heteroatoms. The fourth-order valence-corrected chi connectivity index (χ4v) is 6.79. The Balaban J connectivity index is 1.62. The van der Waals surface area contributed by atoms with Gasteiger partial charge in [-0.3, -0.25) is 9.69 Å². The molecule has 2 aromatic carbocycles. The van der Waals surface area contributed by atoms with E-state index in [1.807, 2.05) is 65.6 Å². The number of nitrogens with zero attached hydrogens (tertiary/aromatic N) is 2. The second-order valence-corrected chi connectivity index (χ2v) is 12.2. The van der Waals surface area contributed by atoms with E-state index in [0.29, 0.717) is 25.8 Å². The summed E-state index contributed by atoms with van der Waals surface area (Å²) in [6.07, 6.45) is 1.29. The lowest BCUT2D eigenvalue weighted by Crippen LogP contribution is -2.52. The molecule has 0 spiro atoms. The molecule has 182 valence electrons. The van der Waals surface area contributed by atoms with Crippen molar-refractivity contribution in [2.24, 2.45) is 5.92 Å². The Morgan fingerprint density at radius 1 is 1.00 bits per heavy atom. The van der Waals surface area contributed by atoms with E-state index < -0.39 is 21.4 Å².